The van der Waals surface area contributed by atoms with Gasteiger partial charge in [-0.3, -0.25) is 0 Å². The fourth-order valence-electron chi connectivity index (χ4n) is 5.04. The van der Waals surface area contributed by atoms with Crippen LogP contribution in [0, 0.1) is 11.8 Å². The SMILES string of the molecule is COC(=O)c1ccc(NC(=O)N2CC3CC(O)(c4ccc(C(C)(C)C)cc4)CC3C2)cc1. The van der Waals surface area contributed by atoms with Gasteiger partial charge < -0.3 is 20.1 Å². The molecule has 2 atom stereocenters. The molecule has 6 heteroatoms. The van der Waals surface area contributed by atoms with Crippen molar-refractivity contribution in [3.63, 3.8) is 0 Å². The van der Waals surface area contributed by atoms with Crippen molar-refractivity contribution in [1.82, 2.24) is 4.90 Å². The summed E-state index contributed by atoms with van der Waals surface area (Å²) in [4.78, 5) is 26.1. The highest BCUT2D eigenvalue weighted by molar-refractivity contribution is 5.92. The Bertz CT molecular complexity index is 978. The Balaban J connectivity index is 1.36. The maximum atomic E-state index is 12.7. The Morgan fingerprint density at radius 3 is 2.06 bits per heavy atom. The zero-order valence-electron chi connectivity index (χ0n) is 19.2. The predicted molar refractivity (Wildman–Crippen MR) is 124 cm³/mol. The average molecular weight is 437 g/mol. The lowest BCUT2D eigenvalue weighted by molar-refractivity contribution is 0.0328. The lowest BCUT2D eigenvalue weighted by Gasteiger charge is -2.28. The zero-order valence-corrected chi connectivity index (χ0v) is 19.2. The molecule has 0 radical (unpaired) electrons. The number of rotatable bonds is 3. The Morgan fingerprint density at radius 1 is 1.00 bits per heavy atom. The van der Waals surface area contributed by atoms with Crippen LogP contribution >= 0.6 is 0 Å². The quantitative estimate of drug-likeness (QED) is 0.693. The number of aliphatic hydroxyl groups is 1. The fraction of sp³-hybridized carbons (Fsp3) is 0.462. The standard InChI is InChI=1S/C26H32N2O4/c1-25(2,3)20-7-9-21(10-8-20)26(31)13-18-15-28(16-19(18)14-26)24(30)27-22-11-5-17(6-12-22)23(29)32-4/h5-12,18-19,31H,13-16H2,1-4H3,(H,27,30). The van der Waals surface area contributed by atoms with E-state index in [1.54, 1.807) is 24.3 Å². The number of carbonyl (C=O) groups is 2. The number of anilines is 1. The van der Waals surface area contributed by atoms with Crippen LogP contribution in [0.15, 0.2) is 48.5 Å². The number of hydrogen-bond acceptors (Lipinski definition) is 4. The third-order valence-electron chi connectivity index (χ3n) is 6.91. The van der Waals surface area contributed by atoms with Gasteiger partial charge in [-0.05, 0) is 65.5 Å². The first-order valence-corrected chi connectivity index (χ1v) is 11.2. The van der Waals surface area contributed by atoms with Crippen molar-refractivity contribution in [2.75, 3.05) is 25.5 Å². The van der Waals surface area contributed by atoms with Gasteiger partial charge in [0.25, 0.3) is 0 Å². The van der Waals surface area contributed by atoms with E-state index in [0.717, 1.165) is 5.56 Å². The lowest BCUT2D eigenvalue weighted by Crippen LogP contribution is -2.35. The highest BCUT2D eigenvalue weighted by atomic mass is 16.5. The highest BCUT2D eigenvalue weighted by Crippen LogP contribution is 2.49. The van der Waals surface area contributed by atoms with Crippen LogP contribution in [-0.2, 0) is 15.8 Å². The third kappa shape index (κ3) is 4.37. The molecular weight excluding hydrogens is 404 g/mol. The van der Waals surface area contributed by atoms with E-state index in [1.807, 2.05) is 4.90 Å². The smallest absolute Gasteiger partial charge is 0.337 e. The second kappa shape index (κ2) is 8.24. The minimum Gasteiger partial charge on any atom is -0.465 e. The molecule has 6 nitrogen and oxygen atoms in total. The minimum atomic E-state index is -0.821. The number of methoxy groups -OCH3 is 1. The molecule has 2 aromatic carbocycles. The topological polar surface area (TPSA) is 78.9 Å². The summed E-state index contributed by atoms with van der Waals surface area (Å²) in [6.07, 6.45) is 1.34. The van der Waals surface area contributed by atoms with Crippen LogP contribution in [-0.4, -0.2) is 42.2 Å². The zero-order chi connectivity index (χ0) is 23.1. The van der Waals surface area contributed by atoms with E-state index in [9.17, 15) is 14.7 Å². The van der Waals surface area contributed by atoms with Gasteiger partial charge in [0.1, 0.15) is 0 Å². The molecule has 0 spiro atoms. The summed E-state index contributed by atoms with van der Waals surface area (Å²) < 4.78 is 4.70. The van der Waals surface area contributed by atoms with Crippen LogP contribution in [0.2, 0.25) is 0 Å². The van der Waals surface area contributed by atoms with Crippen molar-refractivity contribution in [2.24, 2.45) is 11.8 Å². The summed E-state index contributed by atoms with van der Waals surface area (Å²) in [6.45, 7) is 7.83. The van der Waals surface area contributed by atoms with E-state index in [1.165, 1.54) is 12.7 Å². The van der Waals surface area contributed by atoms with Gasteiger partial charge in [0.2, 0.25) is 0 Å². The van der Waals surface area contributed by atoms with Gasteiger partial charge in [-0.2, -0.15) is 0 Å². The van der Waals surface area contributed by atoms with Gasteiger partial charge in [0.05, 0.1) is 18.3 Å². The Kier molecular flexibility index (Phi) is 5.76. The molecule has 1 aliphatic carbocycles. The number of fused-ring (bicyclic) bond motifs is 1. The van der Waals surface area contributed by atoms with Crippen LogP contribution in [0.5, 0.6) is 0 Å². The summed E-state index contributed by atoms with van der Waals surface area (Å²) in [5, 5.41) is 14.3. The van der Waals surface area contributed by atoms with Gasteiger partial charge in [-0.15, -0.1) is 0 Å². The molecule has 32 heavy (non-hydrogen) atoms. The number of esters is 1. The number of urea groups is 1. The number of nitrogens with one attached hydrogen (secondary N) is 1. The maximum absolute atomic E-state index is 12.7. The van der Waals surface area contributed by atoms with Crippen molar-refractivity contribution in [2.45, 2.75) is 44.6 Å². The van der Waals surface area contributed by atoms with Gasteiger partial charge in [-0.1, -0.05) is 45.0 Å². The molecule has 2 N–H and O–H groups in total. The molecule has 2 fully saturated rings. The van der Waals surface area contributed by atoms with E-state index >= 15 is 0 Å². The molecule has 1 saturated heterocycles. The van der Waals surface area contributed by atoms with E-state index in [2.05, 4.69) is 50.4 Å². The largest absolute Gasteiger partial charge is 0.465 e. The Hall–Kier alpha value is -2.86. The van der Waals surface area contributed by atoms with E-state index in [0.29, 0.717) is 37.2 Å². The van der Waals surface area contributed by atoms with Crippen molar-refractivity contribution < 1.29 is 19.4 Å². The van der Waals surface area contributed by atoms with Gasteiger partial charge in [0, 0.05) is 18.8 Å². The average Bonchev–Trinajstić information content (AvgIpc) is 3.29. The van der Waals surface area contributed by atoms with E-state index < -0.39 is 11.6 Å². The van der Waals surface area contributed by atoms with Crippen molar-refractivity contribution in [1.29, 1.82) is 0 Å². The number of likely N-dealkylation sites (tertiary alicyclic amines) is 1. The fourth-order valence-corrected chi connectivity index (χ4v) is 5.04. The van der Waals surface area contributed by atoms with Crippen LogP contribution in [0.3, 0.4) is 0 Å². The lowest BCUT2D eigenvalue weighted by atomic mass is 9.84. The van der Waals surface area contributed by atoms with E-state index in [4.69, 9.17) is 4.74 Å². The summed E-state index contributed by atoms with van der Waals surface area (Å²) >= 11 is 0. The number of amides is 2. The Morgan fingerprint density at radius 2 is 1.56 bits per heavy atom. The van der Waals surface area contributed by atoms with Crippen molar-refractivity contribution >= 4 is 17.7 Å². The highest BCUT2D eigenvalue weighted by Gasteiger charge is 2.49. The molecule has 2 aliphatic rings. The summed E-state index contributed by atoms with van der Waals surface area (Å²) in [5.41, 5.74) is 2.57. The molecule has 2 aromatic rings. The van der Waals surface area contributed by atoms with Crippen LogP contribution < -0.4 is 5.32 Å². The predicted octanol–water partition coefficient (Wildman–Crippen LogP) is 4.53. The first kappa shape index (κ1) is 22.3. The third-order valence-corrected chi connectivity index (χ3v) is 6.91. The van der Waals surface area contributed by atoms with Gasteiger partial charge >= 0.3 is 12.0 Å². The van der Waals surface area contributed by atoms with Crippen LogP contribution in [0.1, 0.15) is 55.1 Å². The molecule has 0 bridgehead atoms. The molecule has 2 amide bonds. The first-order chi connectivity index (χ1) is 15.1. The molecule has 2 unspecified atom stereocenters. The number of ether oxygens (including phenoxy) is 1. The summed E-state index contributed by atoms with van der Waals surface area (Å²) in [5.74, 6) is 0.167. The first-order valence-electron chi connectivity index (χ1n) is 11.2. The number of hydrogen-bond donors (Lipinski definition) is 2. The van der Waals surface area contributed by atoms with Crippen LogP contribution in [0.25, 0.3) is 0 Å². The molecule has 1 heterocycles. The van der Waals surface area contributed by atoms with Gasteiger partial charge in [-0.25, -0.2) is 9.59 Å². The summed E-state index contributed by atoms with van der Waals surface area (Å²) in [6, 6.07) is 14.9. The number of carbonyl (C=O) groups excluding carboxylic acids is 2. The normalized spacial score (nSPS) is 24.8. The number of benzene rings is 2. The van der Waals surface area contributed by atoms with Crippen molar-refractivity contribution in [3.05, 3.63) is 65.2 Å². The molecule has 4 rings (SSSR count). The van der Waals surface area contributed by atoms with Crippen molar-refractivity contribution in [3.8, 4) is 0 Å². The molecule has 170 valence electrons. The number of nitrogens with zero attached hydrogens (tertiary/aromatic N) is 1. The van der Waals surface area contributed by atoms with Crippen LogP contribution in [0.4, 0.5) is 10.5 Å². The van der Waals surface area contributed by atoms with Gasteiger partial charge in [0.15, 0.2) is 0 Å². The monoisotopic (exact) mass is 436 g/mol. The maximum Gasteiger partial charge on any atom is 0.337 e. The molecule has 1 aliphatic heterocycles. The molecular formula is C26H32N2O4. The van der Waals surface area contributed by atoms with E-state index in [-0.39, 0.29) is 23.3 Å². The second-order valence-electron chi connectivity index (χ2n) is 10.2. The summed E-state index contributed by atoms with van der Waals surface area (Å²) in [7, 11) is 1.34. The minimum absolute atomic E-state index is 0.0842. The second-order valence-corrected chi connectivity index (χ2v) is 10.2. The Labute approximate surface area is 189 Å². The molecule has 1 saturated carbocycles. The molecule has 0 aromatic heterocycles.